The van der Waals surface area contributed by atoms with Crippen molar-refractivity contribution < 1.29 is 20.0 Å². The van der Waals surface area contributed by atoms with Gasteiger partial charge in [-0.3, -0.25) is 0 Å². The van der Waals surface area contributed by atoms with Crippen molar-refractivity contribution in [3.05, 3.63) is 29.8 Å². The summed E-state index contributed by atoms with van der Waals surface area (Å²) in [5.41, 5.74) is 0.222. The molecule has 1 saturated heterocycles. The molecular formula is C7H6O4. The lowest BCUT2D eigenvalue weighted by Crippen LogP contribution is -2.05. The van der Waals surface area contributed by atoms with Gasteiger partial charge in [0.05, 0.1) is 5.56 Å². The van der Waals surface area contributed by atoms with Gasteiger partial charge in [-0.1, -0.05) is 12.1 Å². The van der Waals surface area contributed by atoms with E-state index in [-0.39, 0.29) is 11.3 Å². The maximum atomic E-state index is 9.18. The molecule has 11 heavy (non-hydrogen) atoms. The van der Waals surface area contributed by atoms with Gasteiger partial charge in [0.15, 0.2) is 0 Å². The van der Waals surface area contributed by atoms with Crippen molar-refractivity contribution in [3.63, 3.8) is 0 Å². The van der Waals surface area contributed by atoms with Gasteiger partial charge in [0.1, 0.15) is 5.75 Å². The van der Waals surface area contributed by atoms with E-state index in [4.69, 9.17) is 5.11 Å². The first-order chi connectivity index (χ1) is 5.22. The Morgan fingerprint density at radius 2 is 1.82 bits per heavy atom. The number of aromatic hydroxyl groups is 1. The molecule has 0 saturated carbocycles. The second-order valence-electron chi connectivity index (χ2n) is 2.27. The summed E-state index contributed by atoms with van der Waals surface area (Å²) in [4.78, 5) is 8.52. The van der Waals surface area contributed by atoms with Crippen molar-refractivity contribution in [2.75, 3.05) is 0 Å². The highest BCUT2D eigenvalue weighted by Gasteiger charge is 2.51. The highest BCUT2D eigenvalue weighted by molar-refractivity contribution is 5.34. The highest BCUT2D eigenvalue weighted by Crippen LogP contribution is 2.41. The van der Waals surface area contributed by atoms with Crippen molar-refractivity contribution in [1.29, 1.82) is 0 Å². The fraction of sp³-hybridized carbons (Fsp3) is 0.143. The van der Waals surface area contributed by atoms with Crippen LogP contribution in [0.25, 0.3) is 0 Å². The van der Waals surface area contributed by atoms with Crippen LogP contribution < -0.4 is 0 Å². The molecule has 1 heterocycles. The molecule has 58 valence electrons. The quantitative estimate of drug-likeness (QED) is 0.455. The average molecular weight is 154 g/mol. The number of hydrogen-bond donors (Lipinski definition) is 2. The molecule has 4 nitrogen and oxygen atoms in total. The normalized spacial score (nSPS) is 19.7. The number of hydrogen-bond acceptors (Lipinski definition) is 4. The second-order valence-corrected chi connectivity index (χ2v) is 2.27. The Morgan fingerprint density at radius 3 is 2.36 bits per heavy atom. The van der Waals surface area contributed by atoms with Crippen LogP contribution in [0.1, 0.15) is 5.56 Å². The summed E-state index contributed by atoms with van der Waals surface area (Å²) < 4.78 is 0. The molecule has 1 aliphatic rings. The monoisotopic (exact) mass is 154 g/mol. The molecule has 1 aromatic rings. The van der Waals surface area contributed by atoms with Crippen LogP contribution in [0.15, 0.2) is 24.3 Å². The zero-order valence-corrected chi connectivity index (χ0v) is 5.52. The van der Waals surface area contributed by atoms with Crippen molar-refractivity contribution in [2.24, 2.45) is 0 Å². The summed E-state index contributed by atoms with van der Waals surface area (Å²) in [5.74, 6) is -1.77. The largest absolute Gasteiger partial charge is 0.507 e. The zero-order chi connectivity index (χ0) is 7.90. The van der Waals surface area contributed by atoms with Crippen LogP contribution in [-0.4, -0.2) is 10.2 Å². The summed E-state index contributed by atoms with van der Waals surface area (Å²) >= 11 is 0. The number of rotatable bonds is 1. The predicted octanol–water partition coefficient (Wildman–Crippen LogP) is 0.457. The van der Waals surface area contributed by atoms with Gasteiger partial charge in [-0.15, -0.1) is 0 Å². The lowest BCUT2D eigenvalue weighted by Gasteiger charge is -2.00. The van der Waals surface area contributed by atoms with Gasteiger partial charge in [-0.2, -0.15) is 9.78 Å². The lowest BCUT2D eigenvalue weighted by atomic mass is 10.2. The first-order valence-corrected chi connectivity index (χ1v) is 3.10. The Hall–Kier alpha value is -1.10. The smallest absolute Gasteiger partial charge is 0.368 e. The SMILES string of the molecule is Oc1ccccc1C1(O)OO1. The molecule has 0 aliphatic carbocycles. The third-order valence-electron chi connectivity index (χ3n) is 1.49. The Labute approximate surface area is 62.5 Å². The van der Waals surface area contributed by atoms with Gasteiger partial charge >= 0.3 is 5.97 Å². The molecule has 0 amide bonds. The number of benzene rings is 1. The van der Waals surface area contributed by atoms with E-state index >= 15 is 0 Å². The Balaban J connectivity index is 2.45. The summed E-state index contributed by atoms with van der Waals surface area (Å²) in [6.45, 7) is 0. The molecule has 2 N–H and O–H groups in total. The van der Waals surface area contributed by atoms with E-state index in [1.165, 1.54) is 12.1 Å². The van der Waals surface area contributed by atoms with Crippen molar-refractivity contribution in [3.8, 4) is 5.75 Å². The first kappa shape index (κ1) is 6.60. The van der Waals surface area contributed by atoms with Gasteiger partial charge in [-0.25, -0.2) is 0 Å². The topological polar surface area (TPSA) is 65.5 Å². The van der Waals surface area contributed by atoms with Crippen LogP contribution in [0.3, 0.4) is 0 Å². The molecule has 1 aliphatic heterocycles. The Bertz CT molecular complexity index is 280. The molecule has 0 unspecified atom stereocenters. The van der Waals surface area contributed by atoms with Crippen LogP contribution in [0.5, 0.6) is 5.75 Å². The zero-order valence-electron chi connectivity index (χ0n) is 5.52. The molecule has 4 heteroatoms. The Kier molecular flexibility index (Phi) is 1.17. The molecule has 0 radical (unpaired) electrons. The van der Waals surface area contributed by atoms with Crippen LogP contribution in [0, 0.1) is 0 Å². The van der Waals surface area contributed by atoms with E-state index in [0.717, 1.165) is 0 Å². The summed E-state index contributed by atoms with van der Waals surface area (Å²) in [7, 11) is 0. The fourth-order valence-electron chi connectivity index (χ4n) is 0.870. The minimum atomic E-state index is -1.72. The molecule has 1 fully saturated rings. The van der Waals surface area contributed by atoms with Crippen molar-refractivity contribution in [2.45, 2.75) is 5.97 Å². The minimum absolute atomic E-state index is 0.0486. The van der Waals surface area contributed by atoms with E-state index in [1.807, 2.05) is 0 Å². The summed E-state index contributed by atoms with van der Waals surface area (Å²) in [6, 6.07) is 6.27. The third-order valence-corrected chi connectivity index (χ3v) is 1.49. The molecule has 1 aromatic carbocycles. The predicted molar refractivity (Wildman–Crippen MR) is 34.2 cm³/mol. The van der Waals surface area contributed by atoms with Gasteiger partial charge in [0, 0.05) is 0 Å². The van der Waals surface area contributed by atoms with Crippen LogP contribution in [0.4, 0.5) is 0 Å². The molecule has 0 spiro atoms. The van der Waals surface area contributed by atoms with E-state index in [9.17, 15) is 5.11 Å². The van der Waals surface area contributed by atoms with E-state index < -0.39 is 5.97 Å². The number of phenols is 1. The maximum absolute atomic E-state index is 9.18. The summed E-state index contributed by atoms with van der Waals surface area (Å²) in [5, 5.41) is 18.3. The van der Waals surface area contributed by atoms with Gasteiger partial charge < -0.3 is 10.2 Å². The van der Waals surface area contributed by atoms with Crippen LogP contribution in [-0.2, 0) is 15.7 Å². The molecule has 0 atom stereocenters. The molecular weight excluding hydrogens is 148 g/mol. The van der Waals surface area contributed by atoms with Gasteiger partial charge in [-0.05, 0) is 12.1 Å². The molecule has 0 bridgehead atoms. The standard InChI is InChI=1S/C7H6O4/c8-6-4-2-1-3-5(6)7(9)10-11-7/h1-4,8-9H. The van der Waals surface area contributed by atoms with E-state index in [2.05, 4.69) is 9.78 Å². The lowest BCUT2D eigenvalue weighted by molar-refractivity contribution is 0.0241. The number of phenolic OH excluding ortho intramolecular Hbond substituents is 1. The van der Waals surface area contributed by atoms with Gasteiger partial charge in [0.25, 0.3) is 0 Å². The number of aliphatic hydroxyl groups is 1. The fourth-order valence-corrected chi connectivity index (χ4v) is 0.870. The molecule has 0 aromatic heterocycles. The van der Waals surface area contributed by atoms with E-state index in [1.54, 1.807) is 12.1 Å². The first-order valence-electron chi connectivity index (χ1n) is 3.10. The van der Waals surface area contributed by atoms with Crippen molar-refractivity contribution >= 4 is 0 Å². The Morgan fingerprint density at radius 1 is 1.18 bits per heavy atom. The van der Waals surface area contributed by atoms with E-state index in [0.29, 0.717) is 0 Å². The third kappa shape index (κ3) is 0.970. The maximum Gasteiger partial charge on any atom is 0.368 e. The van der Waals surface area contributed by atoms with Gasteiger partial charge in [0.2, 0.25) is 0 Å². The van der Waals surface area contributed by atoms with Crippen LogP contribution in [0.2, 0.25) is 0 Å². The average Bonchev–Trinajstić information content (AvgIpc) is 2.70. The van der Waals surface area contributed by atoms with Crippen LogP contribution >= 0.6 is 0 Å². The second kappa shape index (κ2) is 1.94. The molecule has 2 rings (SSSR count). The minimum Gasteiger partial charge on any atom is -0.507 e. The summed E-state index contributed by atoms with van der Waals surface area (Å²) in [6.07, 6.45) is 0. The highest BCUT2D eigenvalue weighted by atomic mass is 17.4. The number of para-hydroxylation sites is 1. The van der Waals surface area contributed by atoms with Crippen molar-refractivity contribution in [1.82, 2.24) is 0 Å².